The Hall–Kier alpha value is -2.05. The van der Waals surface area contributed by atoms with Gasteiger partial charge in [-0.2, -0.15) is 0 Å². The highest BCUT2D eigenvalue weighted by molar-refractivity contribution is 7.92. The lowest BCUT2D eigenvalue weighted by molar-refractivity contribution is 0.102. The molecular weight excluding hydrogens is 336 g/mol. The van der Waals surface area contributed by atoms with Gasteiger partial charge in [0.05, 0.1) is 22.7 Å². The van der Waals surface area contributed by atoms with Crippen LogP contribution in [0.15, 0.2) is 42.5 Å². The Morgan fingerprint density at radius 2 is 1.78 bits per heavy atom. The van der Waals surface area contributed by atoms with E-state index in [0.29, 0.717) is 27.5 Å². The molecule has 0 heterocycles. The molecule has 0 aliphatic rings. The highest BCUT2D eigenvalue weighted by Gasteiger charge is 2.18. The van der Waals surface area contributed by atoms with Crippen LogP contribution in [0.1, 0.15) is 15.9 Å². The van der Waals surface area contributed by atoms with Crippen LogP contribution in [-0.4, -0.2) is 27.6 Å². The van der Waals surface area contributed by atoms with Gasteiger partial charge in [0.25, 0.3) is 5.91 Å². The molecule has 2 aromatic rings. The number of halogens is 1. The molecule has 0 atom stereocenters. The van der Waals surface area contributed by atoms with E-state index >= 15 is 0 Å². The minimum absolute atomic E-state index is 0.348. The molecule has 0 unspecified atom stereocenters. The monoisotopic (exact) mass is 352 g/mol. The second-order valence-electron chi connectivity index (χ2n) is 5.11. The molecule has 2 rings (SSSR count). The van der Waals surface area contributed by atoms with Crippen molar-refractivity contribution in [3.05, 3.63) is 58.6 Å². The summed E-state index contributed by atoms with van der Waals surface area (Å²) in [4.78, 5) is 12.5. The summed E-state index contributed by atoms with van der Waals surface area (Å²) in [7, 11) is -1.95. The smallest absolute Gasteiger partial charge is 0.256 e. The fraction of sp³-hybridized carbons (Fsp3) is 0.188. The van der Waals surface area contributed by atoms with Gasteiger partial charge in [0.2, 0.25) is 10.0 Å². The van der Waals surface area contributed by atoms with Crippen molar-refractivity contribution in [2.75, 3.05) is 22.9 Å². The number of para-hydroxylation sites is 1. The van der Waals surface area contributed by atoms with Crippen molar-refractivity contribution in [1.29, 1.82) is 0 Å². The largest absolute Gasteiger partial charge is 0.321 e. The number of benzene rings is 2. The summed E-state index contributed by atoms with van der Waals surface area (Å²) < 4.78 is 24.6. The van der Waals surface area contributed by atoms with Gasteiger partial charge in [-0.25, -0.2) is 8.42 Å². The van der Waals surface area contributed by atoms with Crippen molar-refractivity contribution in [3.63, 3.8) is 0 Å². The zero-order valence-corrected chi connectivity index (χ0v) is 14.6. The molecule has 1 N–H and O–H groups in total. The Bertz CT molecular complexity index is 850. The normalized spacial score (nSPS) is 11.1. The van der Waals surface area contributed by atoms with Gasteiger partial charge in [0.15, 0.2) is 0 Å². The van der Waals surface area contributed by atoms with Crippen molar-refractivity contribution >= 4 is 38.9 Å². The van der Waals surface area contributed by atoms with Crippen LogP contribution < -0.4 is 9.62 Å². The Balaban J connectivity index is 2.37. The predicted molar refractivity (Wildman–Crippen MR) is 93.8 cm³/mol. The van der Waals surface area contributed by atoms with Gasteiger partial charge in [0.1, 0.15) is 0 Å². The van der Waals surface area contributed by atoms with Crippen molar-refractivity contribution in [3.8, 4) is 0 Å². The number of sulfonamides is 1. The van der Waals surface area contributed by atoms with E-state index in [9.17, 15) is 13.2 Å². The first-order valence-corrected chi connectivity index (χ1v) is 9.04. The quantitative estimate of drug-likeness (QED) is 0.918. The first kappa shape index (κ1) is 17.3. The number of carbonyl (C=O) groups is 1. The predicted octanol–water partition coefficient (Wildman–Crippen LogP) is 3.30. The van der Waals surface area contributed by atoms with E-state index in [-0.39, 0.29) is 5.91 Å². The molecular formula is C16H17ClN2O3S. The zero-order chi connectivity index (χ0) is 17.2. The number of rotatable bonds is 4. The molecule has 0 aliphatic heterocycles. The number of amides is 1. The van der Waals surface area contributed by atoms with E-state index in [2.05, 4.69) is 5.32 Å². The number of nitrogens with zero attached hydrogens (tertiary/aromatic N) is 1. The van der Waals surface area contributed by atoms with Crippen molar-refractivity contribution in [1.82, 2.24) is 0 Å². The second kappa shape index (κ2) is 6.60. The van der Waals surface area contributed by atoms with Gasteiger partial charge >= 0.3 is 0 Å². The molecule has 122 valence electrons. The third kappa shape index (κ3) is 3.83. The molecule has 0 radical (unpaired) electrons. The molecule has 1 amide bonds. The van der Waals surface area contributed by atoms with Crippen LogP contribution >= 0.6 is 11.6 Å². The van der Waals surface area contributed by atoms with Crippen LogP contribution in [0.3, 0.4) is 0 Å². The first-order chi connectivity index (χ1) is 10.7. The molecule has 5 nitrogen and oxygen atoms in total. The number of hydrogen-bond donors (Lipinski definition) is 1. The summed E-state index contributed by atoms with van der Waals surface area (Å²) in [6, 6.07) is 11.8. The SMILES string of the molecule is Cc1c(C(=O)Nc2ccccc2Cl)cccc1N(C)S(C)(=O)=O. The van der Waals surface area contributed by atoms with Crippen LogP contribution in [0.4, 0.5) is 11.4 Å². The molecule has 0 saturated carbocycles. The number of carbonyl (C=O) groups excluding carboxylic acids is 1. The number of anilines is 2. The maximum Gasteiger partial charge on any atom is 0.256 e. The Morgan fingerprint density at radius 3 is 2.39 bits per heavy atom. The lowest BCUT2D eigenvalue weighted by Crippen LogP contribution is -2.26. The Labute approximate surface area is 140 Å². The molecule has 0 aliphatic carbocycles. The fourth-order valence-electron chi connectivity index (χ4n) is 2.14. The average molecular weight is 353 g/mol. The highest BCUT2D eigenvalue weighted by Crippen LogP contribution is 2.26. The Morgan fingerprint density at radius 1 is 1.13 bits per heavy atom. The Kier molecular flexibility index (Phi) is 4.97. The third-order valence-electron chi connectivity index (χ3n) is 3.51. The van der Waals surface area contributed by atoms with Crippen LogP contribution in [0, 0.1) is 6.92 Å². The van der Waals surface area contributed by atoms with Crippen molar-refractivity contribution in [2.24, 2.45) is 0 Å². The van der Waals surface area contributed by atoms with E-state index in [1.54, 1.807) is 49.4 Å². The second-order valence-corrected chi connectivity index (χ2v) is 7.54. The molecule has 2 aromatic carbocycles. The van der Waals surface area contributed by atoms with Gasteiger partial charge in [-0.3, -0.25) is 9.10 Å². The maximum atomic E-state index is 12.5. The zero-order valence-electron chi connectivity index (χ0n) is 13.0. The van der Waals surface area contributed by atoms with E-state index in [4.69, 9.17) is 11.6 Å². The summed E-state index contributed by atoms with van der Waals surface area (Å²) in [6.07, 6.45) is 1.11. The van der Waals surface area contributed by atoms with E-state index in [1.807, 2.05) is 0 Å². The summed E-state index contributed by atoms with van der Waals surface area (Å²) in [5.74, 6) is -0.348. The standard InChI is InChI=1S/C16H17ClN2O3S/c1-11-12(7-6-10-15(11)19(2)23(3,21)22)16(20)18-14-9-5-4-8-13(14)17/h4-10H,1-3H3,(H,18,20). The minimum Gasteiger partial charge on any atom is -0.321 e. The molecule has 0 saturated heterocycles. The molecule has 0 aromatic heterocycles. The van der Waals surface area contributed by atoms with Crippen LogP contribution in [-0.2, 0) is 10.0 Å². The maximum absolute atomic E-state index is 12.5. The third-order valence-corrected chi connectivity index (χ3v) is 5.03. The van der Waals surface area contributed by atoms with E-state index in [0.717, 1.165) is 10.6 Å². The van der Waals surface area contributed by atoms with Gasteiger partial charge in [-0.1, -0.05) is 29.8 Å². The molecule has 7 heteroatoms. The number of nitrogens with one attached hydrogen (secondary N) is 1. The first-order valence-electron chi connectivity index (χ1n) is 6.81. The fourth-order valence-corrected chi connectivity index (χ4v) is 2.88. The molecule has 23 heavy (non-hydrogen) atoms. The summed E-state index contributed by atoms with van der Waals surface area (Å²) in [5.41, 5.74) is 1.92. The topological polar surface area (TPSA) is 66.5 Å². The summed E-state index contributed by atoms with van der Waals surface area (Å²) in [5, 5.41) is 3.17. The molecule has 0 bridgehead atoms. The van der Waals surface area contributed by atoms with Crippen LogP contribution in [0.25, 0.3) is 0 Å². The lowest BCUT2D eigenvalue weighted by Gasteiger charge is -2.20. The number of hydrogen-bond acceptors (Lipinski definition) is 3. The summed E-state index contributed by atoms with van der Waals surface area (Å²) in [6.45, 7) is 1.71. The minimum atomic E-state index is -3.41. The van der Waals surface area contributed by atoms with Gasteiger partial charge in [-0.15, -0.1) is 0 Å². The van der Waals surface area contributed by atoms with Crippen LogP contribution in [0.2, 0.25) is 5.02 Å². The average Bonchev–Trinajstić information content (AvgIpc) is 2.48. The van der Waals surface area contributed by atoms with Gasteiger partial charge in [0, 0.05) is 12.6 Å². The molecule has 0 fully saturated rings. The highest BCUT2D eigenvalue weighted by atomic mass is 35.5. The van der Waals surface area contributed by atoms with Gasteiger partial charge in [-0.05, 0) is 36.8 Å². The van der Waals surface area contributed by atoms with Gasteiger partial charge < -0.3 is 5.32 Å². The van der Waals surface area contributed by atoms with Crippen LogP contribution in [0.5, 0.6) is 0 Å². The van der Waals surface area contributed by atoms with E-state index < -0.39 is 10.0 Å². The lowest BCUT2D eigenvalue weighted by atomic mass is 10.1. The summed E-state index contributed by atoms with van der Waals surface area (Å²) >= 11 is 6.03. The van der Waals surface area contributed by atoms with E-state index in [1.165, 1.54) is 7.05 Å². The molecule has 0 spiro atoms. The van der Waals surface area contributed by atoms with Crippen molar-refractivity contribution in [2.45, 2.75) is 6.92 Å². The van der Waals surface area contributed by atoms with Crippen molar-refractivity contribution < 1.29 is 13.2 Å².